The third kappa shape index (κ3) is 4.55. The Hall–Kier alpha value is -1.51. The van der Waals surface area contributed by atoms with Gasteiger partial charge in [-0.3, -0.25) is 9.78 Å². The van der Waals surface area contributed by atoms with Crippen LogP contribution in [0.2, 0.25) is 0 Å². The fourth-order valence-electron chi connectivity index (χ4n) is 1.46. The fourth-order valence-corrected chi connectivity index (χ4v) is 2.46. The molecular weight excluding hydrogens is 280 g/mol. The summed E-state index contributed by atoms with van der Waals surface area (Å²) in [7, 11) is -1.97. The summed E-state index contributed by atoms with van der Waals surface area (Å²) in [5.74, 6) is -0.156. The number of hydrogen-bond acceptors (Lipinski definition) is 5. The number of likely N-dealkylation sites (N-methyl/N-ethyl adjacent to an activating group) is 1. The first-order valence-corrected chi connectivity index (χ1v) is 7.72. The van der Waals surface area contributed by atoms with Gasteiger partial charge in [0, 0.05) is 45.0 Å². The number of nitrogens with two attached hydrogens (primary N) is 1. The summed E-state index contributed by atoms with van der Waals surface area (Å²) < 4.78 is 26.1. The van der Waals surface area contributed by atoms with Gasteiger partial charge < -0.3 is 10.6 Å². The number of carbonyl (C=O) groups is 1. The number of hydrogen-bond donors (Lipinski definition) is 2. The molecule has 1 atom stereocenters. The Morgan fingerprint density at radius 1 is 1.55 bits per heavy atom. The van der Waals surface area contributed by atoms with Crippen LogP contribution in [-0.2, 0) is 14.8 Å². The van der Waals surface area contributed by atoms with Crippen molar-refractivity contribution < 1.29 is 13.2 Å². The Labute approximate surface area is 119 Å². The summed E-state index contributed by atoms with van der Waals surface area (Å²) >= 11 is 0. The minimum atomic E-state index is -3.62. The molecule has 1 heterocycles. The van der Waals surface area contributed by atoms with Crippen molar-refractivity contribution in [3.05, 3.63) is 24.5 Å². The average Bonchev–Trinajstić information content (AvgIpc) is 2.46. The van der Waals surface area contributed by atoms with E-state index >= 15 is 0 Å². The molecule has 20 heavy (non-hydrogen) atoms. The van der Waals surface area contributed by atoms with Crippen LogP contribution in [0, 0.1) is 0 Å². The number of sulfonamides is 1. The molecule has 112 valence electrons. The molecule has 8 heteroatoms. The first-order chi connectivity index (χ1) is 9.38. The van der Waals surface area contributed by atoms with Crippen LogP contribution in [0.3, 0.4) is 0 Å². The summed E-state index contributed by atoms with van der Waals surface area (Å²) in [5.41, 5.74) is 5.47. The van der Waals surface area contributed by atoms with E-state index in [9.17, 15) is 13.2 Å². The smallest absolute Gasteiger partial charge is 0.242 e. The highest BCUT2D eigenvalue weighted by Gasteiger charge is 2.17. The molecule has 0 aromatic carbocycles. The fraction of sp³-hybridized carbons (Fsp3) is 0.500. The summed E-state index contributed by atoms with van der Waals surface area (Å²) in [6.07, 6.45) is 2.83. The van der Waals surface area contributed by atoms with Gasteiger partial charge in [0.1, 0.15) is 4.90 Å². The van der Waals surface area contributed by atoms with Gasteiger partial charge in [-0.15, -0.1) is 0 Å². The molecule has 0 radical (unpaired) electrons. The van der Waals surface area contributed by atoms with Gasteiger partial charge in [-0.2, -0.15) is 0 Å². The number of nitrogens with one attached hydrogen (secondary N) is 1. The highest BCUT2D eigenvalue weighted by atomic mass is 32.2. The minimum absolute atomic E-state index is 0.0394. The van der Waals surface area contributed by atoms with Crippen molar-refractivity contribution in [2.24, 2.45) is 5.73 Å². The number of rotatable bonds is 7. The van der Waals surface area contributed by atoms with Crippen LogP contribution in [0.1, 0.15) is 13.3 Å². The van der Waals surface area contributed by atoms with Crippen LogP contribution in [0.15, 0.2) is 29.4 Å². The van der Waals surface area contributed by atoms with Gasteiger partial charge in [-0.05, 0) is 19.1 Å². The third-order valence-electron chi connectivity index (χ3n) is 2.97. The van der Waals surface area contributed by atoms with Gasteiger partial charge in [0.05, 0.1) is 0 Å². The van der Waals surface area contributed by atoms with Gasteiger partial charge in [-0.1, -0.05) is 0 Å². The molecule has 0 aliphatic rings. The lowest BCUT2D eigenvalue weighted by Gasteiger charge is -2.23. The van der Waals surface area contributed by atoms with Crippen LogP contribution in [-0.4, -0.2) is 50.4 Å². The van der Waals surface area contributed by atoms with E-state index in [1.54, 1.807) is 7.05 Å². The van der Waals surface area contributed by atoms with Gasteiger partial charge in [0.15, 0.2) is 0 Å². The standard InChI is InChI=1S/C12H20N4O3S/c1-10(8-13)16(2)12(17)5-7-15-20(18,19)11-4-3-6-14-9-11/h3-4,6,9-10,15H,5,7-8,13H2,1-2H3. The van der Waals surface area contributed by atoms with Crippen molar-refractivity contribution in [2.45, 2.75) is 24.3 Å². The van der Waals surface area contributed by atoms with Crippen molar-refractivity contribution in [1.29, 1.82) is 0 Å². The number of aromatic nitrogens is 1. The zero-order chi connectivity index (χ0) is 15.2. The molecule has 0 saturated carbocycles. The van der Waals surface area contributed by atoms with E-state index in [2.05, 4.69) is 9.71 Å². The lowest BCUT2D eigenvalue weighted by Crippen LogP contribution is -2.41. The van der Waals surface area contributed by atoms with Gasteiger partial charge in [0.25, 0.3) is 0 Å². The summed E-state index contributed by atoms with van der Waals surface area (Å²) in [6, 6.07) is 2.91. The second-order valence-electron chi connectivity index (χ2n) is 4.43. The molecule has 0 saturated heterocycles. The van der Waals surface area contributed by atoms with Crippen LogP contribution >= 0.6 is 0 Å². The normalized spacial score (nSPS) is 12.9. The van der Waals surface area contributed by atoms with E-state index in [0.29, 0.717) is 6.54 Å². The van der Waals surface area contributed by atoms with Gasteiger partial charge in [0.2, 0.25) is 15.9 Å². The van der Waals surface area contributed by atoms with E-state index in [0.717, 1.165) is 0 Å². The number of pyridine rings is 1. The first kappa shape index (κ1) is 16.5. The van der Waals surface area contributed by atoms with Crippen molar-refractivity contribution in [3.8, 4) is 0 Å². The van der Waals surface area contributed by atoms with Crippen LogP contribution < -0.4 is 10.5 Å². The maximum Gasteiger partial charge on any atom is 0.242 e. The third-order valence-corrected chi connectivity index (χ3v) is 4.42. The van der Waals surface area contributed by atoms with Crippen molar-refractivity contribution in [3.63, 3.8) is 0 Å². The number of carbonyl (C=O) groups excluding carboxylic acids is 1. The van der Waals surface area contributed by atoms with E-state index in [4.69, 9.17) is 5.73 Å². The molecule has 1 aromatic heterocycles. The Morgan fingerprint density at radius 2 is 2.25 bits per heavy atom. The Morgan fingerprint density at radius 3 is 2.80 bits per heavy atom. The number of amides is 1. The molecule has 1 rings (SSSR count). The van der Waals surface area contributed by atoms with E-state index in [1.165, 1.54) is 29.4 Å². The van der Waals surface area contributed by atoms with Crippen molar-refractivity contribution in [2.75, 3.05) is 20.1 Å². The van der Waals surface area contributed by atoms with Crippen molar-refractivity contribution in [1.82, 2.24) is 14.6 Å². The average molecular weight is 300 g/mol. The molecular formula is C12H20N4O3S. The minimum Gasteiger partial charge on any atom is -0.342 e. The molecule has 0 aliphatic heterocycles. The lowest BCUT2D eigenvalue weighted by molar-refractivity contribution is -0.131. The molecule has 3 N–H and O–H groups in total. The predicted octanol–water partition coefficient (Wildman–Crippen LogP) is -0.444. The molecule has 0 bridgehead atoms. The summed E-state index contributed by atoms with van der Waals surface area (Å²) in [5, 5.41) is 0. The Bertz CT molecular complexity index is 533. The monoisotopic (exact) mass is 300 g/mol. The highest BCUT2D eigenvalue weighted by molar-refractivity contribution is 7.89. The SMILES string of the molecule is CC(CN)N(C)C(=O)CCNS(=O)(=O)c1cccnc1. The van der Waals surface area contributed by atoms with E-state index in [-0.39, 0.29) is 29.8 Å². The molecule has 1 aromatic rings. The van der Waals surface area contributed by atoms with Crippen LogP contribution in [0.25, 0.3) is 0 Å². The molecule has 1 amide bonds. The zero-order valence-electron chi connectivity index (χ0n) is 11.6. The van der Waals surface area contributed by atoms with E-state index < -0.39 is 10.0 Å². The molecule has 7 nitrogen and oxygen atoms in total. The summed E-state index contributed by atoms with van der Waals surface area (Å²) in [4.78, 5) is 17.1. The van der Waals surface area contributed by atoms with Gasteiger partial charge in [-0.25, -0.2) is 13.1 Å². The van der Waals surface area contributed by atoms with Gasteiger partial charge >= 0.3 is 0 Å². The lowest BCUT2D eigenvalue weighted by atomic mass is 10.2. The predicted molar refractivity (Wildman–Crippen MR) is 75.3 cm³/mol. The Balaban J connectivity index is 2.51. The van der Waals surface area contributed by atoms with E-state index in [1.807, 2.05) is 6.92 Å². The number of nitrogens with zero attached hydrogens (tertiary/aromatic N) is 2. The largest absolute Gasteiger partial charge is 0.342 e. The maximum absolute atomic E-state index is 11.9. The van der Waals surface area contributed by atoms with Crippen molar-refractivity contribution >= 4 is 15.9 Å². The zero-order valence-corrected chi connectivity index (χ0v) is 12.4. The Kier molecular flexibility index (Phi) is 6.05. The molecule has 1 unspecified atom stereocenters. The van der Waals surface area contributed by atoms with Crippen LogP contribution in [0.5, 0.6) is 0 Å². The molecule has 0 fully saturated rings. The second-order valence-corrected chi connectivity index (χ2v) is 6.19. The molecule has 0 aliphatic carbocycles. The topological polar surface area (TPSA) is 105 Å². The van der Waals surface area contributed by atoms with Crippen LogP contribution in [0.4, 0.5) is 0 Å². The second kappa shape index (κ2) is 7.32. The highest BCUT2D eigenvalue weighted by Crippen LogP contribution is 2.05. The quantitative estimate of drug-likeness (QED) is 0.710. The summed E-state index contributed by atoms with van der Waals surface area (Å²) in [6.45, 7) is 2.24. The first-order valence-electron chi connectivity index (χ1n) is 6.24. The molecule has 0 spiro atoms. The maximum atomic E-state index is 11.9.